The van der Waals surface area contributed by atoms with Gasteiger partial charge in [-0.1, -0.05) is 18.2 Å². The molecule has 4 aliphatic rings. The van der Waals surface area contributed by atoms with Crippen LogP contribution in [0.2, 0.25) is 0 Å². The molecule has 0 aliphatic heterocycles. The number of nitrogens with two attached hydrogens (primary N) is 1. The van der Waals surface area contributed by atoms with Gasteiger partial charge in [0.25, 0.3) is 5.91 Å². The van der Waals surface area contributed by atoms with Crippen molar-refractivity contribution in [2.75, 3.05) is 19.4 Å². The topological polar surface area (TPSA) is 190 Å². The third-order valence-corrected chi connectivity index (χ3v) is 9.02. The molecule has 0 bridgehead atoms. The number of ketones is 2. The van der Waals surface area contributed by atoms with Gasteiger partial charge in [-0.3, -0.25) is 24.1 Å². The number of likely N-dealkylation sites (N-methyl/N-ethyl adjacent to an activating group) is 1. The van der Waals surface area contributed by atoms with Gasteiger partial charge in [0.1, 0.15) is 22.8 Å². The Labute approximate surface area is 240 Å². The van der Waals surface area contributed by atoms with Crippen molar-refractivity contribution in [3.8, 4) is 16.9 Å². The number of hydrogen-bond donors (Lipinski definition) is 6. The summed E-state index contributed by atoms with van der Waals surface area (Å²) in [5.74, 6) is -6.86. The molecule has 2 aromatic carbocycles. The number of carbonyl (C=O) groups excluding carboxylic acids is 4. The second-order valence-corrected chi connectivity index (χ2v) is 11.8. The van der Waals surface area contributed by atoms with Crippen molar-refractivity contribution in [2.45, 2.75) is 37.3 Å². The maximum Gasteiger partial charge on any atom is 0.255 e. The van der Waals surface area contributed by atoms with Gasteiger partial charge in [0.15, 0.2) is 11.4 Å². The number of Topliss-reactive ketones (excluding diaryl/α,β-unsaturated/α-hetero) is 2. The number of hydrogen-bond acceptors (Lipinski definition) is 9. The van der Waals surface area contributed by atoms with Crippen molar-refractivity contribution in [1.82, 2.24) is 4.90 Å². The summed E-state index contributed by atoms with van der Waals surface area (Å²) in [4.78, 5) is 53.0. The highest BCUT2D eigenvalue weighted by Gasteiger charge is 2.64. The van der Waals surface area contributed by atoms with Gasteiger partial charge >= 0.3 is 0 Å². The number of nitrogens with zero attached hydrogens (tertiary/aromatic N) is 1. The van der Waals surface area contributed by atoms with Crippen LogP contribution < -0.4 is 11.1 Å². The van der Waals surface area contributed by atoms with Gasteiger partial charge in [-0.25, -0.2) is 0 Å². The number of phenolic OH excluding ortho intramolecular Hbond substituents is 1. The lowest BCUT2D eigenvalue weighted by Crippen LogP contribution is -2.65. The Balaban J connectivity index is 1.45. The summed E-state index contributed by atoms with van der Waals surface area (Å²) < 4.78 is 0. The van der Waals surface area contributed by atoms with E-state index in [2.05, 4.69) is 5.32 Å². The number of amides is 2. The fourth-order valence-corrected chi connectivity index (χ4v) is 6.84. The molecule has 2 aromatic rings. The zero-order valence-electron chi connectivity index (χ0n) is 23.0. The number of carbonyl (C=O) groups is 4. The van der Waals surface area contributed by atoms with Gasteiger partial charge in [-0.05, 0) is 80.6 Å². The molecule has 0 unspecified atom stereocenters. The molecule has 0 spiro atoms. The number of fused-ring (bicyclic) bond motifs is 3. The second-order valence-electron chi connectivity index (χ2n) is 11.8. The Bertz CT molecular complexity index is 1640. The number of aliphatic hydroxyl groups is 3. The largest absolute Gasteiger partial charge is 0.508 e. The number of benzene rings is 2. The Morgan fingerprint density at radius 3 is 2.29 bits per heavy atom. The van der Waals surface area contributed by atoms with E-state index in [1.807, 2.05) is 12.1 Å². The number of anilines is 1. The summed E-state index contributed by atoms with van der Waals surface area (Å²) in [6.07, 6.45) is 1.96. The highest BCUT2D eigenvalue weighted by Crippen LogP contribution is 2.53. The minimum atomic E-state index is -2.68. The predicted octanol–water partition coefficient (Wildman–Crippen LogP) is 1.98. The van der Waals surface area contributed by atoms with Crippen molar-refractivity contribution in [1.29, 1.82) is 0 Å². The summed E-state index contributed by atoms with van der Waals surface area (Å²) in [6.45, 7) is 0. The molecule has 0 saturated heterocycles. The number of phenols is 1. The first kappa shape index (κ1) is 27.7. The smallest absolute Gasteiger partial charge is 0.255 e. The fraction of sp³-hybridized carbons (Fsp3) is 0.355. The first-order chi connectivity index (χ1) is 19.9. The summed E-state index contributed by atoms with van der Waals surface area (Å²) in [7, 11) is 3.11. The van der Waals surface area contributed by atoms with Crippen LogP contribution >= 0.6 is 0 Å². The maximum atomic E-state index is 14.0. The van der Waals surface area contributed by atoms with Crippen LogP contribution in [0.1, 0.15) is 30.4 Å². The summed E-state index contributed by atoms with van der Waals surface area (Å²) >= 11 is 0. The molecule has 4 aliphatic carbocycles. The molecule has 0 aromatic heterocycles. The average Bonchev–Trinajstić information content (AvgIpc) is 3.77. The Kier molecular flexibility index (Phi) is 6.28. The standard InChI is InChI=1S/C31H31N3O8/c1-34(2)24-19-12-15-11-18-17(13-5-7-16(8-6-13)33-30(41)14-3-4-14)9-10-20(35)22(18)25(36)21(15)27(38)31(19,42)28(39)23(26(24)37)29(32)40/h5-10,14-15,19,24,35-36,39,42H,3-4,11-12H2,1-2H3,(H2,32,40)(H,33,41)/t15-,19+,24-,31+/m1/s1. The van der Waals surface area contributed by atoms with E-state index >= 15 is 0 Å². The molecule has 7 N–H and O–H groups in total. The van der Waals surface area contributed by atoms with E-state index in [9.17, 15) is 39.6 Å². The zero-order chi connectivity index (χ0) is 30.2. The van der Waals surface area contributed by atoms with Crippen LogP contribution in [0.25, 0.3) is 16.9 Å². The average molecular weight is 574 g/mol. The van der Waals surface area contributed by atoms with Crippen LogP contribution in [0.3, 0.4) is 0 Å². The van der Waals surface area contributed by atoms with Gasteiger partial charge in [0.2, 0.25) is 11.7 Å². The fourth-order valence-electron chi connectivity index (χ4n) is 6.84. The summed E-state index contributed by atoms with van der Waals surface area (Å²) in [6, 6.07) is 9.10. The quantitative estimate of drug-likeness (QED) is 0.290. The predicted molar refractivity (Wildman–Crippen MR) is 151 cm³/mol. The van der Waals surface area contributed by atoms with E-state index in [4.69, 9.17) is 5.73 Å². The number of aliphatic hydroxyl groups excluding tert-OH is 2. The molecule has 218 valence electrons. The van der Waals surface area contributed by atoms with E-state index in [-0.39, 0.29) is 41.6 Å². The molecule has 6 rings (SSSR count). The lowest BCUT2D eigenvalue weighted by atomic mass is 9.57. The van der Waals surface area contributed by atoms with E-state index in [0.29, 0.717) is 16.8 Å². The molecule has 11 heteroatoms. The lowest BCUT2D eigenvalue weighted by Gasteiger charge is -2.50. The SMILES string of the molecule is CN(C)[C@H]1C(=O)C(C(N)=O)=C(O)[C@@]2(O)C(=O)C3=C(O)c4c(O)ccc(-c5ccc(NC(=O)C6CC6)cc5)c4C[C@@H]3C[C@@H]12. The van der Waals surface area contributed by atoms with E-state index in [1.54, 1.807) is 32.3 Å². The van der Waals surface area contributed by atoms with Gasteiger partial charge in [-0.2, -0.15) is 0 Å². The number of nitrogens with one attached hydrogen (secondary N) is 1. The molecule has 2 fully saturated rings. The highest BCUT2D eigenvalue weighted by atomic mass is 16.3. The maximum absolute atomic E-state index is 14.0. The Morgan fingerprint density at radius 1 is 1.02 bits per heavy atom. The van der Waals surface area contributed by atoms with Crippen LogP contribution in [0.4, 0.5) is 5.69 Å². The molecule has 2 amide bonds. The van der Waals surface area contributed by atoms with Crippen LogP contribution in [0.5, 0.6) is 5.75 Å². The number of primary amides is 1. The monoisotopic (exact) mass is 573 g/mol. The molecule has 0 heterocycles. The molecule has 42 heavy (non-hydrogen) atoms. The molecule has 2 saturated carbocycles. The molecule has 4 atom stereocenters. The molecular weight excluding hydrogens is 542 g/mol. The van der Waals surface area contributed by atoms with E-state index in [1.165, 1.54) is 11.0 Å². The third-order valence-electron chi connectivity index (χ3n) is 9.02. The number of rotatable bonds is 5. The van der Waals surface area contributed by atoms with Crippen molar-refractivity contribution in [2.24, 2.45) is 23.5 Å². The van der Waals surface area contributed by atoms with E-state index in [0.717, 1.165) is 18.4 Å². The Morgan fingerprint density at radius 2 is 1.69 bits per heavy atom. The minimum Gasteiger partial charge on any atom is -0.508 e. The van der Waals surface area contributed by atoms with Crippen LogP contribution in [-0.4, -0.2) is 74.4 Å². The minimum absolute atomic E-state index is 0.00694. The normalized spacial score (nSPS) is 27.0. The lowest BCUT2D eigenvalue weighted by molar-refractivity contribution is -0.153. The summed E-state index contributed by atoms with van der Waals surface area (Å²) in [5.41, 5.74) is 4.30. The first-order valence-corrected chi connectivity index (χ1v) is 13.8. The van der Waals surface area contributed by atoms with Crippen LogP contribution in [0.15, 0.2) is 53.3 Å². The highest BCUT2D eigenvalue weighted by molar-refractivity contribution is 6.24. The first-order valence-electron chi connectivity index (χ1n) is 13.8. The van der Waals surface area contributed by atoms with Gasteiger partial charge < -0.3 is 31.5 Å². The van der Waals surface area contributed by atoms with Gasteiger partial charge in [0.05, 0.1) is 11.6 Å². The van der Waals surface area contributed by atoms with Crippen LogP contribution in [-0.2, 0) is 25.6 Å². The molecule has 11 nitrogen and oxygen atoms in total. The van der Waals surface area contributed by atoms with Crippen molar-refractivity contribution in [3.63, 3.8) is 0 Å². The van der Waals surface area contributed by atoms with Gasteiger partial charge in [-0.15, -0.1) is 0 Å². The van der Waals surface area contributed by atoms with Gasteiger partial charge in [0, 0.05) is 23.1 Å². The molecular formula is C31H31N3O8. The van der Waals surface area contributed by atoms with Crippen molar-refractivity contribution >= 4 is 34.8 Å². The van der Waals surface area contributed by atoms with E-state index < -0.39 is 58.0 Å². The molecule has 0 radical (unpaired) electrons. The second kappa shape index (κ2) is 9.53. The van der Waals surface area contributed by atoms with Crippen LogP contribution in [0, 0.1) is 17.8 Å². The van der Waals surface area contributed by atoms with Crippen molar-refractivity contribution < 1.29 is 39.6 Å². The zero-order valence-corrected chi connectivity index (χ0v) is 23.0. The van der Waals surface area contributed by atoms with Crippen molar-refractivity contribution in [3.05, 3.63) is 64.4 Å². The third kappa shape index (κ3) is 3.95. The Hall–Kier alpha value is -4.48. The number of aromatic hydroxyl groups is 1. The summed E-state index contributed by atoms with van der Waals surface area (Å²) in [5, 5.41) is 47.8.